The van der Waals surface area contributed by atoms with Crippen LogP contribution < -0.4 is 0 Å². The third-order valence-corrected chi connectivity index (χ3v) is 1.79. The van der Waals surface area contributed by atoms with E-state index in [0.29, 0.717) is 6.42 Å². The zero-order valence-corrected chi connectivity index (χ0v) is 5.52. The Bertz CT molecular complexity index is 273. The van der Waals surface area contributed by atoms with Gasteiger partial charge < -0.3 is 4.98 Å². The highest BCUT2D eigenvalue weighted by molar-refractivity contribution is 5.56. The van der Waals surface area contributed by atoms with Crippen LogP contribution >= 0.6 is 0 Å². The molecule has 2 heteroatoms. The van der Waals surface area contributed by atoms with Crippen LogP contribution in [0.3, 0.4) is 0 Å². The number of hydrogen-bond donors (Lipinski definition) is 1. The number of allylic oxidation sites excluding steroid dienone is 1. The molecule has 1 aliphatic carbocycles. The molecule has 1 heterocycles. The fourth-order valence-corrected chi connectivity index (χ4v) is 1.25. The Kier molecular flexibility index (Phi) is 1.13. The minimum atomic E-state index is -0.00731. The van der Waals surface area contributed by atoms with Crippen LogP contribution in [-0.4, -0.2) is 4.98 Å². The number of halogens is 1. The first-order valence-electron chi connectivity index (χ1n) is 3.38. The van der Waals surface area contributed by atoms with Crippen molar-refractivity contribution < 1.29 is 4.39 Å². The van der Waals surface area contributed by atoms with Crippen molar-refractivity contribution in [2.45, 2.75) is 12.8 Å². The van der Waals surface area contributed by atoms with Crippen molar-refractivity contribution in [1.82, 2.24) is 4.98 Å². The molecular formula is C8H8FN. The van der Waals surface area contributed by atoms with Gasteiger partial charge >= 0.3 is 0 Å². The second-order valence-electron chi connectivity index (χ2n) is 2.50. The number of aryl methyl sites for hydroxylation is 1. The first kappa shape index (κ1) is 5.71. The Labute approximate surface area is 58.6 Å². The normalized spacial score (nSPS) is 16.3. The predicted molar refractivity (Wildman–Crippen MR) is 38.2 cm³/mol. The van der Waals surface area contributed by atoms with E-state index in [-0.39, 0.29) is 5.83 Å². The average molecular weight is 137 g/mol. The first-order valence-corrected chi connectivity index (χ1v) is 3.38. The fourth-order valence-electron chi connectivity index (χ4n) is 1.25. The topological polar surface area (TPSA) is 15.8 Å². The van der Waals surface area contributed by atoms with Crippen molar-refractivity contribution >= 4 is 6.08 Å². The van der Waals surface area contributed by atoms with Gasteiger partial charge in [0.1, 0.15) is 5.83 Å². The summed E-state index contributed by atoms with van der Waals surface area (Å²) in [6.07, 6.45) is 4.80. The third-order valence-electron chi connectivity index (χ3n) is 1.79. The predicted octanol–water partition coefficient (Wildman–Crippen LogP) is 2.27. The molecule has 10 heavy (non-hydrogen) atoms. The fraction of sp³-hybridized carbons (Fsp3) is 0.250. The van der Waals surface area contributed by atoms with Gasteiger partial charge in [0, 0.05) is 18.3 Å². The van der Waals surface area contributed by atoms with Gasteiger partial charge in [-0.1, -0.05) is 0 Å². The van der Waals surface area contributed by atoms with Gasteiger partial charge in [-0.05, 0) is 24.1 Å². The Morgan fingerprint density at radius 3 is 3.20 bits per heavy atom. The van der Waals surface area contributed by atoms with E-state index < -0.39 is 0 Å². The quantitative estimate of drug-likeness (QED) is 0.564. The molecule has 1 aliphatic rings. The number of hydrogen-bond acceptors (Lipinski definition) is 0. The highest BCUT2D eigenvalue weighted by Crippen LogP contribution is 2.22. The molecule has 1 N–H and O–H groups in total. The summed E-state index contributed by atoms with van der Waals surface area (Å²) in [7, 11) is 0. The zero-order chi connectivity index (χ0) is 6.97. The van der Waals surface area contributed by atoms with Crippen LogP contribution in [0.25, 0.3) is 6.08 Å². The molecule has 52 valence electrons. The van der Waals surface area contributed by atoms with E-state index in [9.17, 15) is 4.39 Å². The van der Waals surface area contributed by atoms with E-state index in [4.69, 9.17) is 0 Å². The number of aromatic amines is 1. The largest absolute Gasteiger partial charge is 0.364 e. The summed E-state index contributed by atoms with van der Waals surface area (Å²) in [5, 5.41) is 0. The number of H-pyrrole nitrogens is 1. The SMILES string of the molecule is FC1=Cc2cc[nH]c2CC1. The van der Waals surface area contributed by atoms with Crippen LogP contribution in [0.5, 0.6) is 0 Å². The maximum Gasteiger partial charge on any atom is 0.101 e. The summed E-state index contributed by atoms with van der Waals surface area (Å²) in [5.41, 5.74) is 2.16. The lowest BCUT2D eigenvalue weighted by molar-refractivity contribution is 0.588. The maximum absolute atomic E-state index is 12.6. The van der Waals surface area contributed by atoms with Gasteiger partial charge in [-0.25, -0.2) is 4.39 Å². The second kappa shape index (κ2) is 1.97. The monoisotopic (exact) mass is 137 g/mol. The molecule has 0 saturated heterocycles. The molecule has 1 nitrogen and oxygen atoms in total. The molecule has 0 aliphatic heterocycles. The van der Waals surface area contributed by atoms with E-state index in [1.807, 2.05) is 12.3 Å². The molecule has 1 aromatic heterocycles. The lowest BCUT2D eigenvalue weighted by atomic mass is 10.1. The zero-order valence-electron chi connectivity index (χ0n) is 5.52. The van der Waals surface area contributed by atoms with Gasteiger partial charge in [-0.2, -0.15) is 0 Å². The maximum atomic E-state index is 12.6. The Morgan fingerprint density at radius 2 is 2.30 bits per heavy atom. The summed E-state index contributed by atoms with van der Waals surface area (Å²) < 4.78 is 12.6. The Morgan fingerprint density at radius 1 is 1.40 bits per heavy atom. The molecule has 0 aromatic carbocycles. The van der Waals surface area contributed by atoms with Gasteiger partial charge in [0.25, 0.3) is 0 Å². The van der Waals surface area contributed by atoms with E-state index in [1.54, 1.807) is 6.08 Å². The highest BCUT2D eigenvalue weighted by atomic mass is 19.1. The summed E-state index contributed by atoms with van der Waals surface area (Å²) in [5.74, 6) is -0.00731. The lowest BCUT2D eigenvalue weighted by Gasteiger charge is -2.05. The number of rotatable bonds is 0. The van der Waals surface area contributed by atoms with E-state index in [0.717, 1.165) is 17.7 Å². The molecule has 0 bridgehead atoms. The van der Waals surface area contributed by atoms with E-state index in [2.05, 4.69) is 4.98 Å². The van der Waals surface area contributed by atoms with E-state index >= 15 is 0 Å². The van der Waals surface area contributed by atoms with Gasteiger partial charge in [-0.3, -0.25) is 0 Å². The van der Waals surface area contributed by atoms with Gasteiger partial charge in [0.2, 0.25) is 0 Å². The Balaban J connectivity index is 2.50. The first-order chi connectivity index (χ1) is 4.86. The Hall–Kier alpha value is -1.05. The molecule has 0 amide bonds. The molecule has 0 radical (unpaired) electrons. The smallest absolute Gasteiger partial charge is 0.101 e. The van der Waals surface area contributed by atoms with Crippen LogP contribution in [0.15, 0.2) is 18.1 Å². The molecule has 2 rings (SSSR count). The van der Waals surface area contributed by atoms with Crippen molar-refractivity contribution in [3.8, 4) is 0 Å². The summed E-state index contributed by atoms with van der Waals surface area (Å²) in [6.45, 7) is 0. The number of aromatic nitrogens is 1. The molecule has 0 fully saturated rings. The molecule has 0 saturated carbocycles. The minimum absolute atomic E-state index is 0.00731. The highest BCUT2D eigenvalue weighted by Gasteiger charge is 2.09. The van der Waals surface area contributed by atoms with Crippen molar-refractivity contribution in [3.63, 3.8) is 0 Å². The summed E-state index contributed by atoms with van der Waals surface area (Å²) in [6, 6.07) is 1.90. The number of nitrogens with one attached hydrogen (secondary N) is 1. The third kappa shape index (κ3) is 0.764. The molecule has 0 unspecified atom stereocenters. The standard InChI is InChI=1S/C8H8FN/c9-7-1-2-8-6(5-7)3-4-10-8/h3-5,10H,1-2H2. The minimum Gasteiger partial charge on any atom is -0.364 e. The van der Waals surface area contributed by atoms with Crippen molar-refractivity contribution in [3.05, 3.63) is 29.3 Å². The molecule has 0 spiro atoms. The van der Waals surface area contributed by atoms with Gasteiger partial charge in [-0.15, -0.1) is 0 Å². The van der Waals surface area contributed by atoms with Crippen LogP contribution in [0.2, 0.25) is 0 Å². The average Bonchev–Trinajstić information content (AvgIpc) is 2.33. The van der Waals surface area contributed by atoms with Crippen LogP contribution in [0, 0.1) is 0 Å². The summed E-state index contributed by atoms with van der Waals surface area (Å²) >= 11 is 0. The van der Waals surface area contributed by atoms with Gasteiger partial charge in [0.15, 0.2) is 0 Å². The van der Waals surface area contributed by atoms with Crippen LogP contribution in [0.4, 0.5) is 4.39 Å². The van der Waals surface area contributed by atoms with Crippen LogP contribution in [0.1, 0.15) is 17.7 Å². The molecule has 0 atom stereocenters. The van der Waals surface area contributed by atoms with Crippen molar-refractivity contribution in [2.24, 2.45) is 0 Å². The van der Waals surface area contributed by atoms with E-state index in [1.165, 1.54) is 0 Å². The van der Waals surface area contributed by atoms with Crippen LogP contribution in [-0.2, 0) is 6.42 Å². The van der Waals surface area contributed by atoms with Crippen molar-refractivity contribution in [1.29, 1.82) is 0 Å². The van der Waals surface area contributed by atoms with Gasteiger partial charge in [0.05, 0.1) is 0 Å². The summed E-state index contributed by atoms with van der Waals surface area (Å²) in [4.78, 5) is 3.07. The molecular weight excluding hydrogens is 129 g/mol. The molecule has 1 aromatic rings. The lowest BCUT2D eigenvalue weighted by Crippen LogP contribution is -1.93. The van der Waals surface area contributed by atoms with Crippen molar-refractivity contribution in [2.75, 3.05) is 0 Å². The second-order valence-corrected chi connectivity index (χ2v) is 2.50. The number of fused-ring (bicyclic) bond motifs is 1.